The molecule has 0 spiro atoms. The number of thioether (sulfide) groups is 1. The van der Waals surface area contributed by atoms with Gasteiger partial charge in [0, 0.05) is 29.5 Å². The van der Waals surface area contributed by atoms with Crippen molar-refractivity contribution >= 4 is 23.6 Å². The first-order valence-electron chi connectivity index (χ1n) is 7.19. The summed E-state index contributed by atoms with van der Waals surface area (Å²) in [5.74, 6) is 0.496. The van der Waals surface area contributed by atoms with Crippen LogP contribution in [-0.2, 0) is 14.3 Å². The van der Waals surface area contributed by atoms with Crippen LogP contribution in [0.4, 0.5) is 0 Å². The maximum absolute atomic E-state index is 12.3. The number of carbonyl (C=O) groups is 2. The Morgan fingerprint density at radius 2 is 2.14 bits per heavy atom. The molecule has 21 heavy (non-hydrogen) atoms. The second-order valence-electron chi connectivity index (χ2n) is 5.63. The normalized spacial score (nSPS) is 23.7. The maximum atomic E-state index is 12.3. The first-order chi connectivity index (χ1) is 9.88. The highest BCUT2D eigenvalue weighted by Gasteiger charge is 2.43. The molecule has 1 saturated heterocycles. The fourth-order valence-corrected chi connectivity index (χ4v) is 4.10. The highest BCUT2D eigenvalue weighted by Crippen LogP contribution is 2.47. The van der Waals surface area contributed by atoms with Crippen molar-refractivity contribution in [3.63, 3.8) is 0 Å². The smallest absolute Gasteiger partial charge is 0.337 e. The number of hydrogen-bond acceptors (Lipinski definition) is 5. The van der Waals surface area contributed by atoms with Crippen LogP contribution in [0.2, 0.25) is 0 Å². The van der Waals surface area contributed by atoms with E-state index >= 15 is 0 Å². The third kappa shape index (κ3) is 2.81. The molecule has 0 saturated carbocycles. The molecule has 6 heteroatoms. The Morgan fingerprint density at radius 3 is 2.67 bits per heavy atom. The van der Waals surface area contributed by atoms with E-state index in [0.29, 0.717) is 30.4 Å². The lowest BCUT2D eigenvalue weighted by Crippen LogP contribution is -2.25. The number of hydrogen-bond donors (Lipinski definition) is 1. The zero-order chi connectivity index (χ0) is 15.7. The summed E-state index contributed by atoms with van der Waals surface area (Å²) in [7, 11) is 0. The molecule has 0 aromatic heterocycles. The minimum atomic E-state index is -0.405. The molecule has 0 aromatic carbocycles. The number of nitrogens with zero attached hydrogens (tertiary/aromatic N) is 1. The van der Waals surface area contributed by atoms with Crippen molar-refractivity contribution in [2.24, 2.45) is 17.6 Å². The molecule has 2 N–H and O–H groups in total. The lowest BCUT2D eigenvalue weighted by molar-refractivity contribution is -0.139. The van der Waals surface area contributed by atoms with E-state index in [1.54, 1.807) is 18.7 Å². The van der Waals surface area contributed by atoms with Gasteiger partial charge in [-0.1, -0.05) is 13.8 Å². The number of carbonyl (C=O) groups excluding carboxylic acids is 2. The Hall–Kier alpha value is -1.43. The van der Waals surface area contributed by atoms with E-state index in [0.717, 1.165) is 16.3 Å². The van der Waals surface area contributed by atoms with Crippen LogP contribution < -0.4 is 5.73 Å². The van der Waals surface area contributed by atoms with Crippen molar-refractivity contribution in [3.05, 3.63) is 21.9 Å². The molecule has 1 amide bonds. The Bertz CT molecular complexity index is 537. The number of esters is 1. The molecule has 0 bridgehead atoms. The minimum absolute atomic E-state index is 0.127. The topological polar surface area (TPSA) is 72.6 Å². The summed E-state index contributed by atoms with van der Waals surface area (Å²) in [5.41, 5.74) is 7.65. The number of primary amides is 1. The fraction of sp³-hybridized carbons (Fsp3) is 0.600. The summed E-state index contributed by atoms with van der Waals surface area (Å²) in [6, 6.07) is 0. The average Bonchev–Trinajstić information content (AvgIpc) is 2.95. The number of amides is 1. The van der Waals surface area contributed by atoms with Crippen LogP contribution in [0.5, 0.6) is 0 Å². The highest BCUT2D eigenvalue weighted by molar-refractivity contribution is 8.03. The molecule has 2 rings (SSSR count). The van der Waals surface area contributed by atoms with Gasteiger partial charge in [0.25, 0.3) is 0 Å². The fourth-order valence-electron chi connectivity index (χ4n) is 2.72. The number of rotatable bonds is 4. The van der Waals surface area contributed by atoms with Crippen molar-refractivity contribution in [3.8, 4) is 0 Å². The van der Waals surface area contributed by atoms with E-state index in [1.165, 1.54) is 0 Å². The van der Waals surface area contributed by atoms with Gasteiger partial charge >= 0.3 is 5.97 Å². The Morgan fingerprint density at radius 1 is 1.48 bits per heavy atom. The molecule has 0 aromatic rings. The number of ether oxygens (including phenoxy) is 1. The third-order valence-electron chi connectivity index (χ3n) is 4.00. The summed E-state index contributed by atoms with van der Waals surface area (Å²) in [4.78, 5) is 25.8. The second kappa shape index (κ2) is 6.13. The van der Waals surface area contributed by atoms with E-state index in [1.807, 2.05) is 6.92 Å². The zero-order valence-corrected chi connectivity index (χ0v) is 13.8. The van der Waals surface area contributed by atoms with Crippen LogP contribution in [0.15, 0.2) is 21.9 Å². The van der Waals surface area contributed by atoms with E-state index in [2.05, 4.69) is 18.7 Å². The van der Waals surface area contributed by atoms with Gasteiger partial charge in [0.05, 0.1) is 17.2 Å². The van der Waals surface area contributed by atoms with Crippen molar-refractivity contribution in [1.29, 1.82) is 0 Å². The molecular weight excluding hydrogens is 288 g/mol. The van der Waals surface area contributed by atoms with Crippen molar-refractivity contribution < 1.29 is 14.3 Å². The summed E-state index contributed by atoms with van der Waals surface area (Å²) in [5, 5.41) is 0.933. The standard InChI is InChI=1S/C15H22N2O3S/c1-5-20-15(19)12-10(8(2)3)6-17-11(7-21-14(12)17)9(4)13(16)18/h8,10H,5-7H2,1-4H3,(H2,16,18). The van der Waals surface area contributed by atoms with Gasteiger partial charge < -0.3 is 15.4 Å². The van der Waals surface area contributed by atoms with E-state index < -0.39 is 5.91 Å². The van der Waals surface area contributed by atoms with Gasteiger partial charge in [-0.25, -0.2) is 4.79 Å². The first-order valence-corrected chi connectivity index (χ1v) is 8.18. The van der Waals surface area contributed by atoms with Crippen LogP contribution in [0.3, 0.4) is 0 Å². The quantitative estimate of drug-likeness (QED) is 0.634. The lowest BCUT2D eigenvalue weighted by Gasteiger charge is -2.21. The van der Waals surface area contributed by atoms with E-state index in [4.69, 9.17) is 10.5 Å². The van der Waals surface area contributed by atoms with E-state index in [9.17, 15) is 9.59 Å². The number of nitrogens with two attached hydrogens (primary N) is 1. The third-order valence-corrected chi connectivity index (χ3v) is 5.13. The maximum Gasteiger partial charge on any atom is 0.337 e. The molecular formula is C15H22N2O3S. The minimum Gasteiger partial charge on any atom is -0.463 e. The average molecular weight is 310 g/mol. The van der Waals surface area contributed by atoms with Crippen molar-refractivity contribution in [2.75, 3.05) is 18.9 Å². The molecule has 1 atom stereocenters. The lowest BCUT2D eigenvalue weighted by atomic mass is 9.90. The number of fused-ring (bicyclic) bond motifs is 1. The molecule has 2 heterocycles. The van der Waals surface area contributed by atoms with E-state index in [-0.39, 0.29) is 11.9 Å². The van der Waals surface area contributed by atoms with Crippen LogP contribution >= 0.6 is 11.8 Å². The first kappa shape index (κ1) is 15.9. The van der Waals surface area contributed by atoms with Gasteiger partial charge in [0.1, 0.15) is 0 Å². The summed E-state index contributed by atoms with van der Waals surface area (Å²) >= 11 is 1.59. The molecule has 1 unspecified atom stereocenters. The summed E-state index contributed by atoms with van der Waals surface area (Å²) in [6.07, 6.45) is 0. The van der Waals surface area contributed by atoms with Crippen LogP contribution in [0, 0.1) is 11.8 Å². The van der Waals surface area contributed by atoms with Crippen molar-refractivity contribution in [1.82, 2.24) is 4.90 Å². The highest BCUT2D eigenvalue weighted by atomic mass is 32.2. The van der Waals surface area contributed by atoms with Gasteiger partial charge in [0.2, 0.25) is 5.91 Å². The Kier molecular flexibility index (Phi) is 4.66. The molecule has 1 fully saturated rings. The van der Waals surface area contributed by atoms with Gasteiger partial charge in [-0.05, 0) is 19.8 Å². The molecule has 0 radical (unpaired) electrons. The van der Waals surface area contributed by atoms with Crippen LogP contribution in [0.25, 0.3) is 0 Å². The van der Waals surface area contributed by atoms with Gasteiger partial charge in [-0.3, -0.25) is 4.79 Å². The van der Waals surface area contributed by atoms with Crippen LogP contribution in [-0.4, -0.2) is 35.7 Å². The van der Waals surface area contributed by atoms with Gasteiger partial charge in [-0.15, -0.1) is 11.8 Å². The van der Waals surface area contributed by atoms with Gasteiger partial charge in [-0.2, -0.15) is 0 Å². The molecule has 2 aliphatic heterocycles. The predicted molar refractivity (Wildman–Crippen MR) is 83.0 cm³/mol. The van der Waals surface area contributed by atoms with Crippen molar-refractivity contribution in [2.45, 2.75) is 27.7 Å². The summed E-state index contributed by atoms with van der Waals surface area (Å²) in [6.45, 7) is 8.84. The largest absolute Gasteiger partial charge is 0.463 e. The summed E-state index contributed by atoms with van der Waals surface area (Å²) < 4.78 is 5.21. The predicted octanol–water partition coefficient (Wildman–Crippen LogP) is 1.85. The molecule has 2 aliphatic rings. The van der Waals surface area contributed by atoms with Crippen LogP contribution in [0.1, 0.15) is 27.7 Å². The molecule has 5 nitrogen and oxygen atoms in total. The second-order valence-corrected chi connectivity index (χ2v) is 6.59. The zero-order valence-electron chi connectivity index (χ0n) is 12.9. The molecule has 0 aliphatic carbocycles. The monoisotopic (exact) mass is 310 g/mol. The Balaban J connectivity index is 2.43. The Labute approximate surface area is 129 Å². The SMILES string of the molecule is CCOC(=O)C1=C2SCC(=C(C)C(N)=O)N2CC1C(C)C. The molecule has 116 valence electrons. The van der Waals surface area contributed by atoms with Gasteiger partial charge in [0.15, 0.2) is 0 Å².